The van der Waals surface area contributed by atoms with E-state index in [1.807, 2.05) is 24.5 Å². The van der Waals surface area contributed by atoms with E-state index in [2.05, 4.69) is 16.4 Å². The van der Waals surface area contributed by atoms with Gasteiger partial charge in [-0.15, -0.1) is 0 Å². The number of fused-ring (bicyclic) bond motifs is 1. The summed E-state index contributed by atoms with van der Waals surface area (Å²) < 4.78 is 1.90. The van der Waals surface area contributed by atoms with E-state index < -0.39 is 6.04 Å². The van der Waals surface area contributed by atoms with Crippen LogP contribution < -0.4 is 5.32 Å². The SMILES string of the molecule is CC[C@@H](C(=O)Nc1nc2cc(C#N)ccc2n1CC)N1CCCC1=O. The van der Waals surface area contributed by atoms with Crippen LogP contribution in [0.5, 0.6) is 0 Å². The van der Waals surface area contributed by atoms with Crippen molar-refractivity contribution in [1.29, 1.82) is 5.26 Å². The van der Waals surface area contributed by atoms with E-state index in [0.29, 0.717) is 43.0 Å². The Morgan fingerprint density at radius 3 is 2.84 bits per heavy atom. The van der Waals surface area contributed by atoms with Crippen molar-refractivity contribution in [3.63, 3.8) is 0 Å². The van der Waals surface area contributed by atoms with Crippen molar-refractivity contribution in [2.75, 3.05) is 11.9 Å². The molecule has 25 heavy (non-hydrogen) atoms. The van der Waals surface area contributed by atoms with Crippen molar-refractivity contribution in [3.8, 4) is 6.07 Å². The van der Waals surface area contributed by atoms with Gasteiger partial charge in [-0.25, -0.2) is 4.98 Å². The number of likely N-dealkylation sites (tertiary alicyclic amines) is 1. The van der Waals surface area contributed by atoms with Gasteiger partial charge in [-0.3, -0.25) is 14.9 Å². The van der Waals surface area contributed by atoms with E-state index in [9.17, 15) is 9.59 Å². The van der Waals surface area contributed by atoms with Crippen LogP contribution in [0.1, 0.15) is 38.7 Å². The molecule has 0 bridgehead atoms. The van der Waals surface area contributed by atoms with Crippen LogP contribution in [-0.2, 0) is 16.1 Å². The number of hydrogen-bond donors (Lipinski definition) is 1. The van der Waals surface area contributed by atoms with Gasteiger partial charge in [-0.1, -0.05) is 6.92 Å². The Morgan fingerprint density at radius 2 is 2.24 bits per heavy atom. The minimum Gasteiger partial charge on any atom is -0.331 e. The molecule has 0 spiro atoms. The van der Waals surface area contributed by atoms with Crippen molar-refractivity contribution in [1.82, 2.24) is 14.5 Å². The summed E-state index contributed by atoms with van der Waals surface area (Å²) in [5.74, 6) is 0.260. The normalized spacial score (nSPS) is 15.4. The first-order chi connectivity index (χ1) is 12.1. The third kappa shape index (κ3) is 3.07. The number of carbonyl (C=O) groups excluding carboxylic acids is 2. The molecule has 2 amide bonds. The largest absolute Gasteiger partial charge is 0.331 e. The predicted molar refractivity (Wildman–Crippen MR) is 93.8 cm³/mol. The molecule has 2 heterocycles. The van der Waals surface area contributed by atoms with Crippen molar-refractivity contribution < 1.29 is 9.59 Å². The number of anilines is 1. The van der Waals surface area contributed by atoms with E-state index in [4.69, 9.17) is 5.26 Å². The Bertz CT molecular complexity index is 864. The van der Waals surface area contributed by atoms with Gasteiger partial charge in [0, 0.05) is 19.5 Å². The summed E-state index contributed by atoms with van der Waals surface area (Å²) in [7, 11) is 0. The molecule has 0 aliphatic carbocycles. The predicted octanol–water partition coefficient (Wildman–Crippen LogP) is 2.27. The Kier molecular flexibility index (Phi) is 4.70. The topological polar surface area (TPSA) is 91.0 Å². The number of imidazole rings is 1. The highest BCUT2D eigenvalue weighted by Crippen LogP contribution is 2.22. The molecular formula is C18H21N5O2. The van der Waals surface area contributed by atoms with Gasteiger partial charge in [-0.05, 0) is 38.0 Å². The lowest BCUT2D eigenvalue weighted by atomic mass is 10.2. The lowest BCUT2D eigenvalue weighted by Crippen LogP contribution is -2.44. The maximum Gasteiger partial charge on any atom is 0.249 e. The molecule has 130 valence electrons. The molecule has 1 saturated heterocycles. The van der Waals surface area contributed by atoms with Crippen molar-refractivity contribution >= 4 is 28.8 Å². The van der Waals surface area contributed by atoms with Crippen LogP contribution in [0.3, 0.4) is 0 Å². The average Bonchev–Trinajstić information content (AvgIpc) is 3.18. The van der Waals surface area contributed by atoms with E-state index in [1.54, 1.807) is 17.0 Å². The molecule has 1 atom stereocenters. The summed E-state index contributed by atoms with van der Waals surface area (Å²) >= 11 is 0. The third-order valence-electron chi connectivity index (χ3n) is 4.60. The van der Waals surface area contributed by atoms with E-state index in [0.717, 1.165) is 11.9 Å². The Hall–Kier alpha value is -2.88. The van der Waals surface area contributed by atoms with E-state index >= 15 is 0 Å². The molecule has 1 fully saturated rings. The first-order valence-electron chi connectivity index (χ1n) is 8.59. The van der Waals surface area contributed by atoms with Gasteiger partial charge in [-0.2, -0.15) is 5.26 Å². The molecule has 0 unspecified atom stereocenters. The number of hydrogen-bond acceptors (Lipinski definition) is 4. The number of rotatable bonds is 5. The molecule has 0 radical (unpaired) electrons. The van der Waals surface area contributed by atoms with Gasteiger partial charge in [0.15, 0.2) is 0 Å². The zero-order chi connectivity index (χ0) is 18.0. The molecular weight excluding hydrogens is 318 g/mol. The van der Waals surface area contributed by atoms with Gasteiger partial charge in [0.2, 0.25) is 17.8 Å². The van der Waals surface area contributed by atoms with Gasteiger partial charge in [0.05, 0.1) is 22.7 Å². The number of aromatic nitrogens is 2. The second kappa shape index (κ2) is 6.93. The summed E-state index contributed by atoms with van der Waals surface area (Å²) in [4.78, 5) is 30.8. The first kappa shape index (κ1) is 17.0. The maximum absolute atomic E-state index is 12.7. The Balaban J connectivity index is 1.89. The number of aryl methyl sites for hydroxylation is 1. The van der Waals surface area contributed by atoms with Crippen LogP contribution in [-0.4, -0.2) is 38.9 Å². The molecule has 1 aliphatic rings. The molecule has 1 aromatic carbocycles. The first-order valence-corrected chi connectivity index (χ1v) is 8.59. The van der Waals surface area contributed by atoms with Gasteiger partial charge in [0.1, 0.15) is 6.04 Å². The molecule has 7 heteroatoms. The summed E-state index contributed by atoms with van der Waals surface area (Å²) in [5.41, 5.74) is 2.06. The fourth-order valence-corrected chi connectivity index (χ4v) is 3.35. The smallest absolute Gasteiger partial charge is 0.249 e. The second-order valence-corrected chi connectivity index (χ2v) is 6.10. The number of nitriles is 1. The highest BCUT2D eigenvalue weighted by Gasteiger charge is 2.32. The monoisotopic (exact) mass is 339 g/mol. The quantitative estimate of drug-likeness (QED) is 0.904. The zero-order valence-corrected chi connectivity index (χ0v) is 14.5. The van der Waals surface area contributed by atoms with E-state index in [1.165, 1.54) is 0 Å². The molecule has 1 aliphatic heterocycles. The molecule has 1 aromatic heterocycles. The van der Waals surface area contributed by atoms with Gasteiger partial charge < -0.3 is 9.47 Å². The zero-order valence-electron chi connectivity index (χ0n) is 14.5. The number of nitrogens with zero attached hydrogens (tertiary/aromatic N) is 4. The lowest BCUT2D eigenvalue weighted by molar-refractivity contribution is -0.135. The van der Waals surface area contributed by atoms with Crippen molar-refractivity contribution in [3.05, 3.63) is 23.8 Å². The summed E-state index contributed by atoms with van der Waals surface area (Å²) in [6, 6.07) is 6.90. The van der Waals surface area contributed by atoms with Crippen LogP contribution in [0, 0.1) is 11.3 Å². The molecule has 2 aromatic rings. The Labute approximate surface area is 146 Å². The summed E-state index contributed by atoms with van der Waals surface area (Å²) in [6.45, 7) is 5.13. The highest BCUT2D eigenvalue weighted by atomic mass is 16.2. The van der Waals surface area contributed by atoms with Crippen LogP contribution >= 0.6 is 0 Å². The molecule has 0 saturated carbocycles. The molecule has 1 N–H and O–H groups in total. The van der Waals surface area contributed by atoms with Crippen LogP contribution in [0.2, 0.25) is 0 Å². The number of benzene rings is 1. The number of carbonyl (C=O) groups is 2. The highest BCUT2D eigenvalue weighted by molar-refractivity contribution is 5.97. The van der Waals surface area contributed by atoms with Crippen LogP contribution in [0.15, 0.2) is 18.2 Å². The number of nitrogens with one attached hydrogen (secondary N) is 1. The number of amides is 2. The van der Waals surface area contributed by atoms with Gasteiger partial charge >= 0.3 is 0 Å². The van der Waals surface area contributed by atoms with E-state index in [-0.39, 0.29) is 11.8 Å². The van der Waals surface area contributed by atoms with Crippen LogP contribution in [0.4, 0.5) is 5.95 Å². The second-order valence-electron chi connectivity index (χ2n) is 6.10. The van der Waals surface area contributed by atoms with Crippen LogP contribution in [0.25, 0.3) is 11.0 Å². The maximum atomic E-state index is 12.7. The fraction of sp³-hybridized carbons (Fsp3) is 0.444. The molecule has 7 nitrogen and oxygen atoms in total. The van der Waals surface area contributed by atoms with Crippen molar-refractivity contribution in [2.45, 2.75) is 45.7 Å². The standard InChI is InChI=1S/C18H21N5O2/c1-3-14(23-9-5-6-16(23)24)17(25)21-18-20-13-10-12(11-19)7-8-15(13)22(18)4-2/h7-8,10,14H,3-6,9H2,1-2H3,(H,20,21,25)/t14-/m0/s1. The average molecular weight is 339 g/mol. The lowest BCUT2D eigenvalue weighted by Gasteiger charge is -2.25. The van der Waals surface area contributed by atoms with Crippen molar-refractivity contribution in [2.24, 2.45) is 0 Å². The third-order valence-corrected chi connectivity index (χ3v) is 4.60. The summed E-state index contributed by atoms with van der Waals surface area (Å²) in [6.07, 6.45) is 1.86. The molecule has 3 rings (SSSR count). The minimum absolute atomic E-state index is 0.0321. The Morgan fingerprint density at radius 1 is 1.44 bits per heavy atom. The van der Waals surface area contributed by atoms with Gasteiger partial charge in [0.25, 0.3) is 0 Å². The fourth-order valence-electron chi connectivity index (χ4n) is 3.35. The minimum atomic E-state index is -0.477. The summed E-state index contributed by atoms with van der Waals surface area (Å²) in [5, 5.41) is 11.9.